The zero-order valence-corrected chi connectivity index (χ0v) is 30.1. The minimum absolute atomic E-state index is 0.0236. The summed E-state index contributed by atoms with van der Waals surface area (Å²) in [6.45, 7) is 26.6. The van der Waals surface area contributed by atoms with E-state index >= 15 is 0 Å². The maximum Gasteiger partial charge on any atom is 0.261 e. The van der Waals surface area contributed by atoms with E-state index < -0.39 is 16.6 Å². The molecule has 2 aromatic carbocycles. The average Bonchev–Trinajstić information content (AvgIpc) is 2.88. The highest BCUT2D eigenvalue weighted by Crippen LogP contribution is 2.38. The molecule has 0 amide bonds. The Morgan fingerprint density at radius 2 is 1.17 bits per heavy atom. The van der Waals surface area contributed by atoms with Crippen LogP contribution in [0, 0.1) is 0 Å². The molecule has 2 nitrogen and oxygen atoms in total. The van der Waals surface area contributed by atoms with E-state index in [0.29, 0.717) is 6.61 Å². The van der Waals surface area contributed by atoms with E-state index in [1.807, 2.05) is 0 Å². The summed E-state index contributed by atoms with van der Waals surface area (Å²) in [5.41, 5.74) is 4.18. The van der Waals surface area contributed by atoms with Crippen molar-refractivity contribution in [2.75, 3.05) is 13.2 Å². The van der Waals surface area contributed by atoms with Crippen LogP contribution < -0.4 is 10.4 Å². The molecule has 2 rings (SSSR count). The van der Waals surface area contributed by atoms with Gasteiger partial charge < -0.3 is 8.85 Å². The number of benzene rings is 2. The Balaban J connectivity index is 2.28. The first-order chi connectivity index (χ1) is 19.1. The van der Waals surface area contributed by atoms with E-state index in [1.165, 1.54) is 27.1 Å². The molecule has 0 saturated carbocycles. The third-order valence-corrected chi connectivity index (χ3v) is 18.0. The van der Waals surface area contributed by atoms with Gasteiger partial charge in [0.1, 0.15) is 0 Å². The first kappa shape index (κ1) is 35.2. The fraction of sp³-hybridized carbons (Fsp3) is 0.514. The van der Waals surface area contributed by atoms with E-state index in [0.717, 1.165) is 32.3 Å². The Hall–Kier alpha value is -1.99. The van der Waals surface area contributed by atoms with Gasteiger partial charge in [-0.1, -0.05) is 132 Å². The van der Waals surface area contributed by atoms with Crippen LogP contribution in [0.15, 0.2) is 95.6 Å². The van der Waals surface area contributed by atoms with Crippen LogP contribution in [0.5, 0.6) is 0 Å². The normalized spacial score (nSPS) is 13.8. The molecule has 0 spiro atoms. The molecular weight excluding hydrogens is 533 g/mol. The van der Waals surface area contributed by atoms with Gasteiger partial charge >= 0.3 is 0 Å². The molecule has 41 heavy (non-hydrogen) atoms. The second kappa shape index (κ2) is 15.5. The maximum atomic E-state index is 7.30. The second-order valence-electron chi connectivity index (χ2n) is 14.3. The highest BCUT2D eigenvalue weighted by molar-refractivity contribution is 6.99. The van der Waals surface area contributed by atoms with Crippen LogP contribution in [0.25, 0.3) is 0 Å². The minimum atomic E-state index is -2.57. The Labute approximate surface area is 255 Å². The van der Waals surface area contributed by atoms with Crippen LogP contribution in [0.3, 0.4) is 0 Å². The lowest BCUT2D eigenvalue weighted by atomic mass is 10.1. The summed E-state index contributed by atoms with van der Waals surface area (Å²) in [7, 11) is -4.29. The van der Waals surface area contributed by atoms with Crippen molar-refractivity contribution >= 4 is 27.0 Å². The predicted molar refractivity (Wildman–Crippen MR) is 186 cm³/mol. The molecule has 0 aromatic heterocycles. The molecule has 0 aliphatic heterocycles. The van der Waals surface area contributed by atoms with Crippen LogP contribution in [-0.2, 0) is 8.85 Å². The fourth-order valence-corrected chi connectivity index (χ4v) is 10.4. The van der Waals surface area contributed by atoms with E-state index in [4.69, 9.17) is 8.85 Å². The van der Waals surface area contributed by atoms with E-state index in [2.05, 4.69) is 154 Å². The van der Waals surface area contributed by atoms with Crippen molar-refractivity contribution < 1.29 is 8.85 Å². The molecule has 0 saturated heterocycles. The highest BCUT2D eigenvalue weighted by Gasteiger charge is 2.50. The van der Waals surface area contributed by atoms with Crippen LogP contribution in [-0.4, -0.2) is 29.8 Å². The number of rotatable bonds is 14. The molecule has 0 atom stereocenters. The molecular formula is C37H58O2Si2. The van der Waals surface area contributed by atoms with Crippen molar-refractivity contribution in [3.05, 3.63) is 95.6 Å². The van der Waals surface area contributed by atoms with Crippen molar-refractivity contribution in [3.8, 4) is 0 Å². The van der Waals surface area contributed by atoms with Gasteiger partial charge in [-0.3, -0.25) is 0 Å². The highest BCUT2D eigenvalue weighted by atomic mass is 28.4. The molecule has 0 heterocycles. The first-order valence-electron chi connectivity index (χ1n) is 15.5. The van der Waals surface area contributed by atoms with Gasteiger partial charge in [0.15, 0.2) is 8.32 Å². The van der Waals surface area contributed by atoms with E-state index in [-0.39, 0.29) is 10.1 Å². The summed E-state index contributed by atoms with van der Waals surface area (Å²) in [5, 5.41) is 2.89. The molecule has 0 unspecified atom stereocenters. The van der Waals surface area contributed by atoms with Crippen molar-refractivity contribution in [1.82, 2.24) is 0 Å². The lowest BCUT2D eigenvalue weighted by molar-refractivity contribution is 0.325. The Morgan fingerprint density at radius 1 is 0.659 bits per heavy atom. The molecule has 2 aromatic rings. The largest absolute Gasteiger partial charge is 0.413 e. The van der Waals surface area contributed by atoms with Crippen LogP contribution in [0.4, 0.5) is 0 Å². The third-order valence-electron chi connectivity index (χ3n) is 8.56. The van der Waals surface area contributed by atoms with Crippen molar-refractivity contribution in [2.24, 2.45) is 0 Å². The molecule has 0 radical (unpaired) electrons. The topological polar surface area (TPSA) is 18.5 Å². The summed E-state index contributed by atoms with van der Waals surface area (Å²) >= 11 is 0. The Morgan fingerprint density at radius 3 is 1.63 bits per heavy atom. The first-order valence-corrected chi connectivity index (χ1v) is 20.3. The lowest BCUT2D eigenvalue weighted by Crippen LogP contribution is -2.66. The van der Waals surface area contributed by atoms with E-state index in [9.17, 15) is 0 Å². The van der Waals surface area contributed by atoms with Gasteiger partial charge in [-0.25, -0.2) is 0 Å². The number of hydrogen-bond donors (Lipinski definition) is 0. The second-order valence-corrected chi connectivity index (χ2v) is 23.4. The summed E-state index contributed by atoms with van der Waals surface area (Å²) in [5.74, 6) is 0. The summed E-state index contributed by atoms with van der Waals surface area (Å²) in [4.78, 5) is 0. The summed E-state index contributed by atoms with van der Waals surface area (Å²) < 4.78 is 13.7. The zero-order chi connectivity index (χ0) is 30.7. The SMILES string of the molecule is CC(C)=CCC/C(=C/CC/C(C)=C/CO[Si](C)(C)C(C)(C)C)CO[Si](c1ccccc1)(c1ccccc1)C(C)(C)C. The van der Waals surface area contributed by atoms with Gasteiger partial charge in [0.25, 0.3) is 8.32 Å². The summed E-state index contributed by atoms with van der Waals surface area (Å²) in [6, 6.07) is 21.9. The monoisotopic (exact) mass is 590 g/mol. The molecule has 0 aliphatic carbocycles. The number of allylic oxidation sites excluding steroid dienone is 4. The quantitative estimate of drug-likeness (QED) is 0.161. The van der Waals surface area contributed by atoms with Crippen LogP contribution in [0.2, 0.25) is 23.2 Å². The Bertz CT molecular complexity index is 1100. The summed E-state index contributed by atoms with van der Waals surface area (Å²) in [6.07, 6.45) is 11.2. The molecule has 4 heteroatoms. The molecule has 0 fully saturated rings. The predicted octanol–water partition coefficient (Wildman–Crippen LogP) is 9.98. The molecule has 226 valence electrons. The van der Waals surface area contributed by atoms with Gasteiger partial charge in [-0.05, 0) is 85.6 Å². The average molecular weight is 591 g/mol. The van der Waals surface area contributed by atoms with Crippen molar-refractivity contribution in [2.45, 2.75) is 111 Å². The molecule has 0 bridgehead atoms. The smallest absolute Gasteiger partial charge is 0.261 e. The maximum absolute atomic E-state index is 7.30. The zero-order valence-electron chi connectivity index (χ0n) is 28.1. The van der Waals surface area contributed by atoms with Gasteiger partial charge in [0, 0.05) is 0 Å². The van der Waals surface area contributed by atoms with Gasteiger partial charge in [0.05, 0.1) is 13.2 Å². The molecule has 0 aliphatic rings. The van der Waals surface area contributed by atoms with Gasteiger partial charge in [0.2, 0.25) is 0 Å². The van der Waals surface area contributed by atoms with Crippen molar-refractivity contribution in [1.29, 1.82) is 0 Å². The Kier molecular flexibility index (Phi) is 13.3. The van der Waals surface area contributed by atoms with Gasteiger partial charge in [-0.2, -0.15) is 0 Å². The third kappa shape index (κ3) is 10.4. The molecule has 0 N–H and O–H groups in total. The number of hydrogen-bond acceptors (Lipinski definition) is 2. The standard InChI is InChI=1S/C37H58O2Si2/c1-31(2)20-18-22-33(23-19-21-32(3)28-29-38-40(10,11)36(4,5)6)30-39-41(37(7,8)9,34-24-14-12-15-25-34)35-26-16-13-17-27-35/h12-17,20,23-28H,18-19,21-22,29-30H2,1-11H3/b32-28+,33-23-. The fourth-order valence-electron chi connectivity index (χ4n) is 4.96. The lowest BCUT2D eigenvalue weighted by Gasteiger charge is -2.43. The van der Waals surface area contributed by atoms with Crippen LogP contribution in [0.1, 0.15) is 88.0 Å². The minimum Gasteiger partial charge on any atom is -0.413 e. The van der Waals surface area contributed by atoms with Crippen molar-refractivity contribution in [3.63, 3.8) is 0 Å². The van der Waals surface area contributed by atoms with Gasteiger partial charge in [-0.15, -0.1) is 0 Å². The van der Waals surface area contributed by atoms with Crippen LogP contribution >= 0.6 is 0 Å². The van der Waals surface area contributed by atoms with E-state index in [1.54, 1.807) is 0 Å².